The van der Waals surface area contributed by atoms with Crippen LogP contribution in [0.25, 0.3) is 0 Å². The Morgan fingerprint density at radius 2 is 0.733 bits per heavy atom. The van der Waals surface area contributed by atoms with E-state index >= 15 is 0 Å². The van der Waals surface area contributed by atoms with Crippen molar-refractivity contribution in [1.82, 2.24) is 5.32 Å². The standard InChI is InChI=1S/C56H101NO3/c1-3-5-7-9-11-13-15-17-19-20-21-22-23-24-25-26-27-28-29-30-31-32-33-34-35-36-38-40-42-44-46-48-50-52-56(60)57-54(53-58)55(59)51-49-47-45-43-41-39-37-18-16-14-12-10-8-6-4-2/h5,7,11,13,17,19,21-22,24-25,49,51,54-55,58-59H,3-4,6,8-10,12,14-16,18,20,23,26-48,50,52-53H2,1-2H3,(H,57,60)/b7-5-,13-11-,19-17-,22-21-,25-24-,51-49+. The Hall–Kier alpha value is -2.17. The fraction of sp³-hybridized carbons (Fsp3) is 0.768. The van der Waals surface area contributed by atoms with E-state index in [-0.39, 0.29) is 12.5 Å². The van der Waals surface area contributed by atoms with Gasteiger partial charge < -0.3 is 15.5 Å². The number of unbranched alkanes of at least 4 members (excludes halogenated alkanes) is 30. The first-order valence-corrected chi connectivity index (χ1v) is 26.2. The average Bonchev–Trinajstić information content (AvgIpc) is 3.25. The van der Waals surface area contributed by atoms with Crippen molar-refractivity contribution in [3.05, 3.63) is 72.9 Å². The normalized spacial score (nSPS) is 13.5. The quantitative estimate of drug-likeness (QED) is 0.0422. The number of carbonyl (C=O) groups is 1. The third kappa shape index (κ3) is 46.9. The Labute approximate surface area is 374 Å². The van der Waals surface area contributed by atoms with Gasteiger partial charge in [-0.2, -0.15) is 0 Å². The van der Waals surface area contributed by atoms with Crippen LogP contribution in [0.5, 0.6) is 0 Å². The van der Waals surface area contributed by atoms with Gasteiger partial charge in [0.25, 0.3) is 0 Å². The molecule has 2 unspecified atom stereocenters. The van der Waals surface area contributed by atoms with Crippen molar-refractivity contribution < 1.29 is 15.0 Å². The molecule has 0 aliphatic carbocycles. The van der Waals surface area contributed by atoms with E-state index in [4.69, 9.17) is 0 Å². The Balaban J connectivity index is 3.49. The molecule has 0 aromatic carbocycles. The molecule has 60 heavy (non-hydrogen) atoms. The van der Waals surface area contributed by atoms with E-state index in [9.17, 15) is 15.0 Å². The van der Waals surface area contributed by atoms with Crippen LogP contribution in [-0.4, -0.2) is 34.9 Å². The molecule has 0 aliphatic rings. The summed E-state index contributed by atoms with van der Waals surface area (Å²) >= 11 is 0. The first-order chi connectivity index (χ1) is 29.7. The first-order valence-electron chi connectivity index (χ1n) is 26.2. The highest BCUT2D eigenvalue weighted by atomic mass is 16.3. The van der Waals surface area contributed by atoms with E-state index in [1.165, 1.54) is 180 Å². The molecule has 0 bridgehead atoms. The summed E-state index contributed by atoms with van der Waals surface area (Å²) in [6.07, 6.45) is 73.3. The predicted molar refractivity (Wildman–Crippen MR) is 267 cm³/mol. The maximum absolute atomic E-state index is 12.4. The van der Waals surface area contributed by atoms with Crippen LogP contribution in [0.2, 0.25) is 0 Å². The van der Waals surface area contributed by atoms with Gasteiger partial charge in [-0.15, -0.1) is 0 Å². The van der Waals surface area contributed by atoms with Gasteiger partial charge in [0, 0.05) is 6.42 Å². The van der Waals surface area contributed by atoms with Gasteiger partial charge in [-0.1, -0.05) is 260 Å². The summed E-state index contributed by atoms with van der Waals surface area (Å²) in [6, 6.07) is -0.623. The lowest BCUT2D eigenvalue weighted by molar-refractivity contribution is -0.123. The zero-order valence-corrected chi connectivity index (χ0v) is 40.0. The molecule has 0 saturated carbocycles. The van der Waals surface area contributed by atoms with Crippen LogP contribution >= 0.6 is 0 Å². The molecule has 1 amide bonds. The maximum atomic E-state index is 12.4. The van der Waals surface area contributed by atoms with E-state index in [1.807, 2.05) is 6.08 Å². The van der Waals surface area contributed by atoms with Crippen LogP contribution in [0.4, 0.5) is 0 Å². The summed E-state index contributed by atoms with van der Waals surface area (Å²) in [7, 11) is 0. The van der Waals surface area contributed by atoms with Crippen molar-refractivity contribution in [3.8, 4) is 0 Å². The van der Waals surface area contributed by atoms with Crippen molar-refractivity contribution in [1.29, 1.82) is 0 Å². The number of rotatable bonds is 47. The van der Waals surface area contributed by atoms with E-state index in [0.717, 1.165) is 57.8 Å². The molecule has 348 valence electrons. The van der Waals surface area contributed by atoms with Crippen LogP contribution in [0.1, 0.15) is 258 Å². The summed E-state index contributed by atoms with van der Waals surface area (Å²) in [4.78, 5) is 12.4. The number of aliphatic hydroxyl groups excluding tert-OH is 2. The van der Waals surface area contributed by atoms with Gasteiger partial charge in [-0.05, 0) is 64.2 Å². The molecule has 0 rings (SSSR count). The largest absolute Gasteiger partial charge is 0.394 e. The van der Waals surface area contributed by atoms with Crippen molar-refractivity contribution in [3.63, 3.8) is 0 Å². The van der Waals surface area contributed by atoms with Crippen LogP contribution in [-0.2, 0) is 4.79 Å². The molecule has 3 N–H and O–H groups in total. The van der Waals surface area contributed by atoms with E-state index < -0.39 is 12.1 Å². The fourth-order valence-corrected chi connectivity index (χ4v) is 7.74. The molecule has 0 saturated heterocycles. The van der Waals surface area contributed by atoms with Crippen molar-refractivity contribution >= 4 is 5.91 Å². The molecular weight excluding hydrogens is 735 g/mol. The number of hydrogen-bond donors (Lipinski definition) is 3. The highest BCUT2D eigenvalue weighted by Crippen LogP contribution is 2.16. The summed E-state index contributed by atoms with van der Waals surface area (Å²) < 4.78 is 0. The predicted octanol–water partition coefficient (Wildman–Crippen LogP) is 17.0. The summed E-state index contributed by atoms with van der Waals surface area (Å²) in [5.74, 6) is -0.0639. The fourth-order valence-electron chi connectivity index (χ4n) is 7.74. The minimum Gasteiger partial charge on any atom is -0.394 e. The van der Waals surface area contributed by atoms with Gasteiger partial charge in [-0.25, -0.2) is 0 Å². The van der Waals surface area contributed by atoms with E-state index in [1.54, 1.807) is 6.08 Å². The minimum absolute atomic E-state index is 0.0639. The Morgan fingerprint density at radius 3 is 1.10 bits per heavy atom. The molecule has 0 radical (unpaired) electrons. The number of allylic oxidation sites excluding steroid dienone is 11. The SMILES string of the molecule is CC/C=C\C/C=C\C/C=C\C/C=C\C/C=C\CCCCCCCCCCCCCCCCCCCC(=O)NC(CO)C(O)/C=C/CCCCCCCCCCCCCCC. The van der Waals surface area contributed by atoms with Crippen molar-refractivity contribution in [2.75, 3.05) is 6.61 Å². The number of hydrogen-bond acceptors (Lipinski definition) is 3. The van der Waals surface area contributed by atoms with Gasteiger partial charge in [0.05, 0.1) is 18.8 Å². The van der Waals surface area contributed by atoms with Crippen LogP contribution in [0.3, 0.4) is 0 Å². The monoisotopic (exact) mass is 836 g/mol. The summed E-state index contributed by atoms with van der Waals surface area (Å²) in [6.45, 7) is 4.20. The Bertz CT molecular complexity index is 1040. The number of carbonyl (C=O) groups excluding carboxylic acids is 1. The highest BCUT2D eigenvalue weighted by Gasteiger charge is 2.18. The molecule has 2 atom stereocenters. The van der Waals surface area contributed by atoms with Gasteiger partial charge in [0.1, 0.15) is 0 Å². The molecule has 4 nitrogen and oxygen atoms in total. The van der Waals surface area contributed by atoms with Gasteiger partial charge in [0.2, 0.25) is 5.91 Å². The van der Waals surface area contributed by atoms with Crippen LogP contribution < -0.4 is 5.32 Å². The topological polar surface area (TPSA) is 69.6 Å². The van der Waals surface area contributed by atoms with Crippen LogP contribution in [0.15, 0.2) is 72.9 Å². The molecule has 0 heterocycles. The first kappa shape index (κ1) is 57.8. The second kappa shape index (κ2) is 51.2. The Kier molecular flexibility index (Phi) is 49.3. The molecule has 4 heteroatoms. The third-order valence-corrected chi connectivity index (χ3v) is 11.7. The molecule has 0 aliphatic heterocycles. The highest BCUT2D eigenvalue weighted by molar-refractivity contribution is 5.76. The lowest BCUT2D eigenvalue weighted by Gasteiger charge is -2.20. The molecule has 0 fully saturated rings. The summed E-state index contributed by atoms with van der Waals surface area (Å²) in [5.41, 5.74) is 0. The Morgan fingerprint density at radius 1 is 0.417 bits per heavy atom. The van der Waals surface area contributed by atoms with E-state index in [2.05, 4.69) is 79.9 Å². The van der Waals surface area contributed by atoms with Gasteiger partial charge in [0.15, 0.2) is 0 Å². The maximum Gasteiger partial charge on any atom is 0.220 e. The van der Waals surface area contributed by atoms with E-state index in [0.29, 0.717) is 6.42 Å². The molecule has 0 aromatic heterocycles. The minimum atomic E-state index is -0.840. The number of nitrogens with one attached hydrogen (secondary N) is 1. The number of aliphatic hydroxyl groups is 2. The smallest absolute Gasteiger partial charge is 0.220 e. The van der Waals surface area contributed by atoms with Gasteiger partial charge in [-0.3, -0.25) is 4.79 Å². The molecule has 0 aromatic rings. The molecule has 0 spiro atoms. The third-order valence-electron chi connectivity index (χ3n) is 11.7. The second-order valence-corrected chi connectivity index (χ2v) is 17.6. The summed E-state index contributed by atoms with van der Waals surface area (Å²) in [5, 5.41) is 23.1. The second-order valence-electron chi connectivity index (χ2n) is 17.6. The zero-order chi connectivity index (χ0) is 43.5. The lowest BCUT2D eigenvalue weighted by Crippen LogP contribution is -2.45. The lowest BCUT2D eigenvalue weighted by atomic mass is 10.0. The zero-order valence-electron chi connectivity index (χ0n) is 40.0. The average molecular weight is 836 g/mol. The molecular formula is C56H101NO3. The number of amides is 1. The van der Waals surface area contributed by atoms with Gasteiger partial charge >= 0.3 is 0 Å². The van der Waals surface area contributed by atoms with Crippen molar-refractivity contribution in [2.24, 2.45) is 0 Å². The van der Waals surface area contributed by atoms with Crippen LogP contribution in [0, 0.1) is 0 Å². The van der Waals surface area contributed by atoms with Crippen molar-refractivity contribution in [2.45, 2.75) is 270 Å².